The molecule has 0 fully saturated rings. The molecule has 3 amide bonds. The average Bonchev–Trinajstić information content (AvgIpc) is 2.88. The van der Waals surface area contributed by atoms with Gasteiger partial charge in [0.2, 0.25) is 0 Å². The van der Waals surface area contributed by atoms with Crippen molar-refractivity contribution in [2.24, 2.45) is 0 Å². The van der Waals surface area contributed by atoms with Crippen LogP contribution in [-0.2, 0) is 20.8 Å². The molecule has 2 N–H and O–H groups in total. The molecule has 36 heavy (non-hydrogen) atoms. The molecule has 0 aliphatic rings. The summed E-state index contributed by atoms with van der Waals surface area (Å²) in [5.41, 5.74) is 1.09. The highest BCUT2D eigenvalue weighted by molar-refractivity contribution is 5.89. The second kappa shape index (κ2) is 12.5. The first kappa shape index (κ1) is 26.4. The molecule has 3 rings (SSSR count). The zero-order valence-electron chi connectivity index (χ0n) is 20.4. The van der Waals surface area contributed by atoms with Gasteiger partial charge in [-0.3, -0.25) is 10.1 Å². The van der Waals surface area contributed by atoms with E-state index in [1.165, 1.54) is 25.1 Å². The van der Waals surface area contributed by atoms with E-state index < -0.39 is 24.1 Å². The number of pyridine rings is 1. The summed E-state index contributed by atoms with van der Waals surface area (Å²) in [6.07, 6.45) is 1.13. The Labute approximate surface area is 208 Å². The van der Waals surface area contributed by atoms with Crippen LogP contribution in [-0.4, -0.2) is 54.8 Å². The maximum absolute atomic E-state index is 13.8. The second-order valence-electron chi connectivity index (χ2n) is 8.20. The van der Waals surface area contributed by atoms with Crippen LogP contribution in [0, 0.1) is 12.7 Å². The van der Waals surface area contributed by atoms with Gasteiger partial charge in [-0.15, -0.1) is 0 Å². The molecular formula is C26H29FN4O5. The van der Waals surface area contributed by atoms with Crippen molar-refractivity contribution in [1.82, 2.24) is 15.2 Å². The smallest absolute Gasteiger partial charge is 0.412 e. The first-order valence-electron chi connectivity index (χ1n) is 11.4. The second-order valence-corrected chi connectivity index (χ2v) is 8.20. The van der Waals surface area contributed by atoms with Crippen molar-refractivity contribution in [2.75, 3.05) is 26.1 Å². The predicted molar refractivity (Wildman–Crippen MR) is 133 cm³/mol. The number of rotatable bonds is 9. The monoisotopic (exact) mass is 496 g/mol. The maximum atomic E-state index is 13.8. The molecule has 1 atom stereocenters. The lowest BCUT2D eigenvalue weighted by Crippen LogP contribution is -2.46. The van der Waals surface area contributed by atoms with Crippen LogP contribution in [0.25, 0.3) is 10.8 Å². The number of anilines is 1. The summed E-state index contributed by atoms with van der Waals surface area (Å²) in [5, 5.41) is 7.14. The SMILES string of the molecule is COC(=O)CC[C@@H](COC(=O)Nc1cc2ccccc2cn1)N(C)C(=O)NCc1cccc(F)c1C. The lowest BCUT2D eigenvalue weighted by Gasteiger charge is -2.28. The molecule has 0 saturated carbocycles. The van der Waals surface area contributed by atoms with Gasteiger partial charge in [0.05, 0.1) is 13.2 Å². The molecule has 0 aliphatic carbocycles. The lowest BCUT2D eigenvalue weighted by molar-refractivity contribution is -0.141. The standard InChI is InChI=1S/C26H29FN4O5/c1-17-19(9-6-10-22(17)27)14-29-25(33)31(2)21(11-12-24(32)35-3)16-36-26(34)30-23-13-18-7-4-5-8-20(18)15-28-23/h4-10,13,15,21H,11-12,14,16H2,1-3H3,(H,29,33)(H,28,30,34)/t21-/m0/s1. The van der Waals surface area contributed by atoms with Gasteiger partial charge >= 0.3 is 18.1 Å². The summed E-state index contributed by atoms with van der Waals surface area (Å²) >= 11 is 0. The Morgan fingerprint density at radius 1 is 1.11 bits per heavy atom. The molecule has 0 spiro atoms. The van der Waals surface area contributed by atoms with Crippen molar-refractivity contribution in [2.45, 2.75) is 32.4 Å². The topological polar surface area (TPSA) is 110 Å². The van der Waals surface area contributed by atoms with E-state index in [9.17, 15) is 18.8 Å². The normalized spacial score (nSPS) is 11.4. The van der Waals surface area contributed by atoms with Gasteiger partial charge in [0.15, 0.2) is 0 Å². The average molecular weight is 497 g/mol. The number of hydrogen-bond acceptors (Lipinski definition) is 6. The molecule has 0 radical (unpaired) electrons. The van der Waals surface area contributed by atoms with Crippen LogP contribution in [0.5, 0.6) is 0 Å². The van der Waals surface area contributed by atoms with Crippen LogP contribution in [0.4, 0.5) is 19.8 Å². The number of aromatic nitrogens is 1. The maximum Gasteiger partial charge on any atom is 0.412 e. The van der Waals surface area contributed by atoms with E-state index in [1.54, 1.807) is 31.3 Å². The Kier molecular flexibility index (Phi) is 9.15. The first-order chi connectivity index (χ1) is 17.3. The van der Waals surface area contributed by atoms with Crippen LogP contribution in [0.2, 0.25) is 0 Å². The number of nitrogens with one attached hydrogen (secondary N) is 2. The fraction of sp³-hybridized carbons (Fsp3) is 0.308. The first-order valence-corrected chi connectivity index (χ1v) is 11.4. The Balaban J connectivity index is 1.60. The van der Waals surface area contributed by atoms with E-state index in [1.807, 2.05) is 24.3 Å². The number of methoxy groups -OCH3 is 1. The lowest BCUT2D eigenvalue weighted by atomic mass is 10.1. The van der Waals surface area contributed by atoms with Gasteiger partial charge in [-0.05, 0) is 42.0 Å². The third-order valence-corrected chi connectivity index (χ3v) is 5.86. The van der Waals surface area contributed by atoms with Crippen LogP contribution in [0.15, 0.2) is 54.7 Å². The van der Waals surface area contributed by atoms with Crippen molar-refractivity contribution in [3.8, 4) is 0 Å². The minimum absolute atomic E-state index is 0.0268. The van der Waals surface area contributed by atoms with Gasteiger partial charge in [0.25, 0.3) is 0 Å². The molecule has 2 aromatic carbocycles. The zero-order chi connectivity index (χ0) is 26.1. The van der Waals surface area contributed by atoms with Gasteiger partial charge in [-0.2, -0.15) is 0 Å². The molecule has 10 heteroatoms. The Bertz CT molecular complexity index is 1240. The number of halogens is 1. The quantitative estimate of drug-likeness (QED) is 0.425. The molecule has 3 aromatic rings. The van der Waals surface area contributed by atoms with Crippen molar-refractivity contribution < 1.29 is 28.2 Å². The zero-order valence-corrected chi connectivity index (χ0v) is 20.4. The van der Waals surface area contributed by atoms with Gasteiger partial charge in [-0.1, -0.05) is 36.4 Å². The molecule has 190 valence electrons. The number of ether oxygens (including phenoxy) is 2. The van der Waals surface area contributed by atoms with E-state index in [0.717, 1.165) is 10.8 Å². The van der Waals surface area contributed by atoms with E-state index in [4.69, 9.17) is 4.74 Å². The largest absolute Gasteiger partial charge is 0.469 e. The van der Waals surface area contributed by atoms with Crippen molar-refractivity contribution in [3.63, 3.8) is 0 Å². The number of nitrogens with zero attached hydrogens (tertiary/aromatic N) is 2. The number of likely N-dealkylation sites (N-methyl/N-ethyl adjacent to an activating group) is 1. The summed E-state index contributed by atoms with van der Waals surface area (Å²) in [6.45, 7) is 1.58. The van der Waals surface area contributed by atoms with E-state index in [-0.39, 0.29) is 31.8 Å². The Morgan fingerprint density at radius 2 is 1.86 bits per heavy atom. The number of amides is 3. The predicted octanol–water partition coefficient (Wildman–Crippen LogP) is 4.39. The molecule has 9 nitrogen and oxygen atoms in total. The highest BCUT2D eigenvalue weighted by Gasteiger charge is 2.23. The summed E-state index contributed by atoms with van der Waals surface area (Å²) in [6, 6.07) is 12.9. The van der Waals surface area contributed by atoms with E-state index in [0.29, 0.717) is 16.9 Å². The van der Waals surface area contributed by atoms with Crippen LogP contribution >= 0.6 is 0 Å². The van der Waals surface area contributed by atoms with Gasteiger partial charge in [-0.25, -0.2) is 19.0 Å². The summed E-state index contributed by atoms with van der Waals surface area (Å²) in [4.78, 5) is 42.4. The minimum Gasteiger partial charge on any atom is -0.469 e. The highest BCUT2D eigenvalue weighted by Crippen LogP contribution is 2.17. The Morgan fingerprint density at radius 3 is 2.61 bits per heavy atom. The number of hydrogen-bond donors (Lipinski definition) is 2. The number of esters is 1. The van der Waals surface area contributed by atoms with Crippen molar-refractivity contribution in [3.05, 3.63) is 71.7 Å². The molecule has 1 heterocycles. The number of carbonyl (C=O) groups excluding carboxylic acids is 3. The van der Waals surface area contributed by atoms with Crippen LogP contribution in [0.3, 0.4) is 0 Å². The number of benzene rings is 2. The van der Waals surface area contributed by atoms with E-state index >= 15 is 0 Å². The third kappa shape index (κ3) is 7.14. The van der Waals surface area contributed by atoms with Gasteiger partial charge in [0, 0.05) is 31.6 Å². The van der Waals surface area contributed by atoms with Crippen molar-refractivity contribution in [1.29, 1.82) is 0 Å². The van der Waals surface area contributed by atoms with Crippen molar-refractivity contribution >= 4 is 34.7 Å². The fourth-order valence-electron chi connectivity index (χ4n) is 3.54. The summed E-state index contributed by atoms with van der Waals surface area (Å²) in [5.74, 6) is -0.484. The molecule has 1 aromatic heterocycles. The molecule has 0 unspecified atom stereocenters. The molecule has 0 aliphatic heterocycles. The summed E-state index contributed by atoms with van der Waals surface area (Å²) in [7, 11) is 2.80. The summed E-state index contributed by atoms with van der Waals surface area (Å²) < 4.78 is 23.8. The van der Waals surface area contributed by atoms with Crippen LogP contribution < -0.4 is 10.6 Å². The number of carbonyl (C=O) groups is 3. The Hall–Kier alpha value is -4.21. The van der Waals surface area contributed by atoms with Gasteiger partial charge < -0.3 is 19.7 Å². The fourth-order valence-corrected chi connectivity index (χ4v) is 3.54. The van der Waals surface area contributed by atoms with E-state index in [2.05, 4.69) is 20.4 Å². The van der Waals surface area contributed by atoms with Crippen LogP contribution in [0.1, 0.15) is 24.0 Å². The molecule has 0 saturated heterocycles. The minimum atomic E-state index is -0.745. The molecule has 0 bridgehead atoms. The van der Waals surface area contributed by atoms with Gasteiger partial charge in [0.1, 0.15) is 18.2 Å². The number of urea groups is 1. The third-order valence-electron chi connectivity index (χ3n) is 5.86. The highest BCUT2D eigenvalue weighted by atomic mass is 19.1. The molecular weight excluding hydrogens is 467 g/mol. The number of fused-ring (bicyclic) bond motifs is 1.